The van der Waals surface area contributed by atoms with Gasteiger partial charge in [0.15, 0.2) is 11.5 Å². The predicted molar refractivity (Wildman–Crippen MR) is 62.8 cm³/mol. The van der Waals surface area contributed by atoms with E-state index in [4.69, 9.17) is 5.11 Å². The summed E-state index contributed by atoms with van der Waals surface area (Å²) in [7, 11) is 0. The van der Waals surface area contributed by atoms with Gasteiger partial charge in [0.05, 0.1) is 5.92 Å². The summed E-state index contributed by atoms with van der Waals surface area (Å²) in [5, 5.41) is 9.17. The van der Waals surface area contributed by atoms with Gasteiger partial charge >= 0.3 is 18.4 Å². The van der Waals surface area contributed by atoms with E-state index in [1.807, 2.05) is 0 Å². The Morgan fingerprint density at radius 2 is 2.00 bits per heavy atom. The number of carboxylic acids is 1. The lowest BCUT2D eigenvalue weighted by atomic mass is 9.88. The first-order valence-electron chi connectivity index (χ1n) is 5.96. The molecule has 0 aromatic heterocycles. The van der Waals surface area contributed by atoms with Crippen molar-refractivity contribution in [1.82, 2.24) is 0 Å². The van der Waals surface area contributed by atoms with E-state index < -0.39 is 24.4 Å². The predicted octanol–water partition coefficient (Wildman–Crippen LogP) is 3.17. The number of rotatable bonds is 3. The lowest BCUT2D eigenvalue weighted by Crippen LogP contribution is -2.43. The minimum absolute atomic E-state index is 0.180. The fraction of sp³-hybridized carbons (Fsp3) is 0.462. The highest BCUT2D eigenvalue weighted by Gasteiger charge is 2.49. The van der Waals surface area contributed by atoms with Crippen LogP contribution in [-0.4, -0.2) is 23.5 Å². The van der Waals surface area contributed by atoms with Crippen molar-refractivity contribution in [2.75, 3.05) is 0 Å². The van der Waals surface area contributed by atoms with Crippen LogP contribution in [0, 0.1) is 5.92 Å². The summed E-state index contributed by atoms with van der Waals surface area (Å²) in [4.78, 5) is 11.2. The molecule has 1 heterocycles. The molecule has 0 aliphatic carbocycles. The lowest BCUT2D eigenvalue weighted by molar-refractivity contribution is -0.281. The van der Waals surface area contributed by atoms with E-state index in [9.17, 15) is 18.0 Å². The fourth-order valence-corrected chi connectivity index (χ4v) is 2.08. The maximum Gasteiger partial charge on any atom is 0.468 e. The molecule has 0 spiro atoms. The molecule has 2 atom stereocenters. The number of aliphatic carboxylic acids is 1. The molecule has 1 aliphatic rings. The Morgan fingerprint density at radius 3 is 2.55 bits per heavy atom. The summed E-state index contributed by atoms with van der Waals surface area (Å²) < 4.78 is 47.8. The number of halogens is 3. The van der Waals surface area contributed by atoms with E-state index in [-0.39, 0.29) is 17.4 Å². The van der Waals surface area contributed by atoms with Crippen molar-refractivity contribution >= 4 is 5.97 Å². The molecular formula is C13H13F3O4. The maximum absolute atomic E-state index is 13.1. The van der Waals surface area contributed by atoms with E-state index in [0.717, 1.165) is 6.07 Å². The Morgan fingerprint density at radius 1 is 1.35 bits per heavy atom. The number of carbonyl (C=O) groups is 1. The van der Waals surface area contributed by atoms with Crippen molar-refractivity contribution in [3.63, 3.8) is 0 Å². The van der Waals surface area contributed by atoms with Crippen LogP contribution in [0.2, 0.25) is 0 Å². The lowest BCUT2D eigenvalue weighted by Gasteiger charge is -2.29. The standard InChI is InChI=1S/C13H13F3O4/c1-6(2)10(11(17)18)7-3-4-8-9(5-7)20-13(15,16)12(14)19-8/h3-6,10,12H,1-2H3,(H,17,18). The van der Waals surface area contributed by atoms with Crippen LogP contribution in [-0.2, 0) is 4.79 Å². The average molecular weight is 290 g/mol. The second-order valence-electron chi connectivity index (χ2n) is 4.86. The molecule has 0 radical (unpaired) electrons. The zero-order valence-corrected chi connectivity index (χ0v) is 10.8. The Bertz CT molecular complexity index is 530. The van der Waals surface area contributed by atoms with Gasteiger partial charge in [0.25, 0.3) is 0 Å². The number of hydrogen-bond donors (Lipinski definition) is 1. The SMILES string of the molecule is CC(C)C(C(=O)O)c1ccc2c(c1)OC(F)(F)C(F)O2. The highest BCUT2D eigenvalue weighted by Crippen LogP contribution is 2.42. The van der Waals surface area contributed by atoms with Crippen LogP contribution in [0.1, 0.15) is 25.3 Å². The molecule has 4 nitrogen and oxygen atoms in total. The summed E-state index contributed by atoms with van der Waals surface area (Å²) in [6.07, 6.45) is -6.98. The van der Waals surface area contributed by atoms with Gasteiger partial charge < -0.3 is 14.6 Å². The molecule has 2 unspecified atom stereocenters. The van der Waals surface area contributed by atoms with Crippen LogP contribution in [0.25, 0.3) is 0 Å². The van der Waals surface area contributed by atoms with Gasteiger partial charge in [-0.2, -0.15) is 13.2 Å². The van der Waals surface area contributed by atoms with E-state index in [1.165, 1.54) is 12.1 Å². The molecule has 0 saturated heterocycles. The molecule has 0 amide bonds. The molecule has 0 bridgehead atoms. The number of hydrogen-bond acceptors (Lipinski definition) is 3. The highest BCUT2D eigenvalue weighted by molar-refractivity contribution is 5.76. The first-order chi connectivity index (χ1) is 9.22. The van der Waals surface area contributed by atoms with Gasteiger partial charge in [-0.1, -0.05) is 19.9 Å². The molecule has 1 N–H and O–H groups in total. The van der Waals surface area contributed by atoms with Crippen LogP contribution in [0.5, 0.6) is 11.5 Å². The van der Waals surface area contributed by atoms with Gasteiger partial charge in [-0.05, 0) is 23.6 Å². The summed E-state index contributed by atoms with van der Waals surface area (Å²) in [5.41, 5.74) is 0.294. The van der Waals surface area contributed by atoms with E-state index >= 15 is 0 Å². The molecule has 20 heavy (non-hydrogen) atoms. The summed E-state index contributed by atoms with van der Waals surface area (Å²) in [6, 6.07) is 3.77. The van der Waals surface area contributed by atoms with Gasteiger partial charge in [0.2, 0.25) is 0 Å². The van der Waals surface area contributed by atoms with Crippen molar-refractivity contribution in [2.24, 2.45) is 5.92 Å². The van der Waals surface area contributed by atoms with Crippen LogP contribution in [0.15, 0.2) is 18.2 Å². The highest BCUT2D eigenvalue weighted by atomic mass is 19.3. The summed E-state index contributed by atoms with van der Waals surface area (Å²) in [6.45, 7) is 3.39. The van der Waals surface area contributed by atoms with Crippen molar-refractivity contribution in [3.8, 4) is 11.5 Å². The average Bonchev–Trinajstić information content (AvgIpc) is 2.29. The summed E-state index contributed by atoms with van der Waals surface area (Å²) >= 11 is 0. The quantitative estimate of drug-likeness (QED) is 0.929. The van der Waals surface area contributed by atoms with Crippen LogP contribution < -0.4 is 9.47 Å². The zero-order chi connectivity index (χ0) is 15.1. The number of ether oxygens (including phenoxy) is 2. The third-order valence-electron chi connectivity index (χ3n) is 3.00. The number of carboxylic acid groups (broad SMARTS) is 1. The van der Waals surface area contributed by atoms with Crippen molar-refractivity contribution in [3.05, 3.63) is 23.8 Å². The molecule has 7 heteroatoms. The monoisotopic (exact) mass is 290 g/mol. The van der Waals surface area contributed by atoms with E-state index in [0.29, 0.717) is 5.56 Å². The number of fused-ring (bicyclic) bond motifs is 1. The maximum atomic E-state index is 13.1. The van der Waals surface area contributed by atoms with Crippen LogP contribution >= 0.6 is 0 Å². The molecule has 0 saturated carbocycles. The Kier molecular flexibility index (Phi) is 3.54. The summed E-state index contributed by atoms with van der Waals surface area (Å²) in [5.74, 6) is -2.75. The minimum Gasteiger partial charge on any atom is -0.481 e. The van der Waals surface area contributed by atoms with Crippen LogP contribution in [0.3, 0.4) is 0 Å². The molecule has 2 rings (SSSR count). The second-order valence-corrected chi connectivity index (χ2v) is 4.86. The second kappa shape index (κ2) is 4.88. The minimum atomic E-state index is -4.10. The third kappa shape index (κ3) is 2.52. The Labute approximate surface area is 113 Å². The topological polar surface area (TPSA) is 55.8 Å². The van der Waals surface area contributed by atoms with Gasteiger partial charge in [-0.25, -0.2) is 0 Å². The van der Waals surface area contributed by atoms with Gasteiger partial charge in [0.1, 0.15) is 0 Å². The first-order valence-corrected chi connectivity index (χ1v) is 5.96. The smallest absolute Gasteiger partial charge is 0.468 e. The molecular weight excluding hydrogens is 277 g/mol. The normalized spacial score (nSPS) is 21.6. The van der Waals surface area contributed by atoms with E-state index in [2.05, 4.69) is 9.47 Å². The fourth-order valence-electron chi connectivity index (χ4n) is 2.08. The van der Waals surface area contributed by atoms with Gasteiger partial charge in [-0.15, -0.1) is 0 Å². The molecule has 1 aromatic rings. The largest absolute Gasteiger partial charge is 0.481 e. The van der Waals surface area contributed by atoms with E-state index in [1.54, 1.807) is 13.8 Å². The number of alkyl halides is 3. The zero-order valence-electron chi connectivity index (χ0n) is 10.8. The molecule has 0 fully saturated rings. The van der Waals surface area contributed by atoms with Crippen molar-refractivity contribution in [1.29, 1.82) is 0 Å². The van der Waals surface area contributed by atoms with Gasteiger partial charge in [-0.3, -0.25) is 4.79 Å². The van der Waals surface area contributed by atoms with Crippen molar-refractivity contribution < 1.29 is 32.5 Å². The number of benzene rings is 1. The molecule has 1 aliphatic heterocycles. The Balaban J connectivity index is 2.40. The molecule has 110 valence electrons. The van der Waals surface area contributed by atoms with Crippen LogP contribution in [0.4, 0.5) is 13.2 Å². The Hall–Kier alpha value is -1.92. The third-order valence-corrected chi connectivity index (χ3v) is 3.00. The van der Waals surface area contributed by atoms with Gasteiger partial charge in [0, 0.05) is 0 Å². The van der Waals surface area contributed by atoms with Crippen molar-refractivity contribution in [2.45, 2.75) is 32.2 Å². The molecule has 1 aromatic carbocycles. The first kappa shape index (κ1) is 14.5.